The molecule has 3 aromatic rings. The molecule has 1 aromatic carbocycles. The third kappa shape index (κ3) is 3.08. The van der Waals surface area contributed by atoms with Gasteiger partial charge in [0.25, 0.3) is 0 Å². The quantitative estimate of drug-likeness (QED) is 0.733. The van der Waals surface area contributed by atoms with E-state index in [-0.39, 0.29) is 0 Å². The van der Waals surface area contributed by atoms with Crippen LogP contribution in [0.4, 0.5) is 5.82 Å². The van der Waals surface area contributed by atoms with E-state index in [0.717, 1.165) is 67.5 Å². The summed E-state index contributed by atoms with van der Waals surface area (Å²) in [5.41, 5.74) is 5.97. The Morgan fingerprint density at radius 1 is 1.15 bits per heavy atom. The molecular formula is C21H26N6. The Hall–Kier alpha value is -2.47. The highest BCUT2D eigenvalue weighted by molar-refractivity contribution is 5.76. The molecule has 140 valence electrons. The molecule has 5 rings (SSSR count). The molecule has 2 N–H and O–H groups in total. The number of benzene rings is 1. The number of H-pyrrole nitrogens is 1. The molecule has 0 spiro atoms. The monoisotopic (exact) mass is 362 g/mol. The van der Waals surface area contributed by atoms with E-state index in [1.165, 1.54) is 23.2 Å². The minimum Gasteiger partial charge on any atom is -0.356 e. The minimum absolute atomic E-state index is 0.416. The van der Waals surface area contributed by atoms with Gasteiger partial charge in [-0.25, -0.2) is 15.0 Å². The van der Waals surface area contributed by atoms with Crippen LogP contribution >= 0.6 is 0 Å². The second kappa shape index (κ2) is 6.60. The number of anilines is 1. The van der Waals surface area contributed by atoms with E-state index in [0.29, 0.717) is 5.92 Å². The minimum atomic E-state index is 0.416. The Labute approximate surface area is 159 Å². The first-order chi connectivity index (χ1) is 13.2. The van der Waals surface area contributed by atoms with Gasteiger partial charge in [-0.15, -0.1) is 0 Å². The summed E-state index contributed by atoms with van der Waals surface area (Å²) < 4.78 is 0. The molecule has 6 heteroatoms. The first kappa shape index (κ1) is 16.7. The van der Waals surface area contributed by atoms with Crippen LogP contribution in [0.15, 0.2) is 18.2 Å². The molecule has 2 aliphatic heterocycles. The van der Waals surface area contributed by atoms with Gasteiger partial charge >= 0.3 is 0 Å². The van der Waals surface area contributed by atoms with Gasteiger partial charge in [0, 0.05) is 31.1 Å². The Morgan fingerprint density at radius 2 is 2.07 bits per heavy atom. The highest BCUT2D eigenvalue weighted by Gasteiger charge is 2.28. The van der Waals surface area contributed by atoms with Crippen LogP contribution in [0.1, 0.15) is 47.2 Å². The molecule has 0 saturated carbocycles. The molecule has 1 atom stereocenters. The average Bonchev–Trinajstić information content (AvgIpc) is 3.10. The number of rotatable bonds is 2. The number of hydrogen-bond donors (Lipinski definition) is 2. The summed E-state index contributed by atoms with van der Waals surface area (Å²) in [5.74, 6) is 3.55. The van der Waals surface area contributed by atoms with Crippen molar-refractivity contribution in [3.05, 3.63) is 46.7 Å². The zero-order chi connectivity index (χ0) is 18.4. The van der Waals surface area contributed by atoms with Gasteiger partial charge in [0.15, 0.2) is 0 Å². The lowest BCUT2D eigenvalue weighted by Gasteiger charge is -2.35. The lowest BCUT2D eigenvalue weighted by Crippen LogP contribution is -2.37. The van der Waals surface area contributed by atoms with Gasteiger partial charge in [-0.1, -0.05) is 6.07 Å². The molecular weight excluding hydrogens is 336 g/mol. The summed E-state index contributed by atoms with van der Waals surface area (Å²) in [6.07, 6.45) is 3.34. The zero-order valence-corrected chi connectivity index (χ0v) is 16.0. The number of nitrogens with one attached hydrogen (secondary N) is 2. The van der Waals surface area contributed by atoms with Crippen LogP contribution in [0, 0.1) is 13.8 Å². The molecule has 2 aliphatic rings. The van der Waals surface area contributed by atoms with Crippen LogP contribution in [0.2, 0.25) is 0 Å². The second-order valence-electron chi connectivity index (χ2n) is 7.87. The van der Waals surface area contributed by atoms with Crippen molar-refractivity contribution >= 4 is 16.9 Å². The lowest BCUT2D eigenvalue weighted by atomic mass is 9.96. The number of hydrogen-bond acceptors (Lipinski definition) is 5. The van der Waals surface area contributed by atoms with Crippen molar-refractivity contribution in [2.75, 3.05) is 24.5 Å². The van der Waals surface area contributed by atoms with Crippen LogP contribution in [-0.2, 0) is 13.0 Å². The van der Waals surface area contributed by atoms with Gasteiger partial charge in [-0.3, -0.25) is 0 Å². The van der Waals surface area contributed by atoms with Gasteiger partial charge in [-0.2, -0.15) is 0 Å². The molecule has 0 bridgehead atoms. The average molecular weight is 362 g/mol. The predicted octanol–water partition coefficient (Wildman–Crippen LogP) is 3.00. The van der Waals surface area contributed by atoms with Crippen molar-refractivity contribution in [1.82, 2.24) is 25.3 Å². The molecule has 4 heterocycles. The van der Waals surface area contributed by atoms with Crippen molar-refractivity contribution in [3.8, 4) is 0 Å². The topological polar surface area (TPSA) is 69.7 Å². The van der Waals surface area contributed by atoms with Crippen molar-refractivity contribution in [2.24, 2.45) is 0 Å². The molecule has 6 nitrogen and oxygen atoms in total. The third-order valence-corrected chi connectivity index (χ3v) is 5.79. The van der Waals surface area contributed by atoms with E-state index in [2.05, 4.69) is 45.3 Å². The standard InChI is InChI=1S/C21H26N6/c1-13-5-6-17-18(10-13)26-20(25-17)15-4-3-9-27(12-15)21-16-7-8-22-11-19(16)23-14(2)24-21/h5-6,10,15,22H,3-4,7-9,11-12H2,1-2H3,(H,25,26). The van der Waals surface area contributed by atoms with Crippen molar-refractivity contribution in [1.29, 1.82) is 0 Å². The van der Waals surface area contributed by atoms with Crippen molar-refractivity contribution in [2.45, 2.75) is 45.6 Å². The molecule has 0 radical (unpaired) electrons. The lowest BCUT2D eigenvalue weighted by molar-refractivity contribution is 0.488. The highest BCUT2D eigenvalue weighted by Crippen LogP contribution is 2.32. The number of aryl methyl sites for hydroxylation is 2. The number of piperidine rings is 1. The van der Waals surface area contributed by atoms with E-state index < -0.39 is 0 Å². The van der Waals surface area contributed by atoms with Gasteiger partial charge in [0.05, 0.1) is 16.7 Å². The summed E-state index contributed by atoms with van der Waals surface area (Å²) in [6.45, 7) is 8.01. The molecule has 2 aromatic heterocycles. The fraction of sp³-hybridized carbons (Fsp3) is 0.476. The van der Waals surface area contributed by atoms with E-state index in [1.807, 2.05) is 6.92 Å². The van der Waals surface area contributed by atoms with E-state index in [1.54, 1.807) is 0 Å². The van der Waals surface area contributed by atoms with Crippen LogP contribution < -0.4 is 10.2 Å². The van der Waals surface area contributed by atoms with Gasteiger partial charge in [0.2, 0.25) is 0 Å². The summed E-state index contributed by atoms with van der Waals surface area (Å²) >= 11 is 0. The highest BCUT2D eigenvalue weighted by atomic mass is 15.2. The van der Waals surface area contributed by atoms with Crippen LogP contribution in [0.3, 0.4) is 0 Å². The summed E-state index contributed by atoms with van der Waals surface area (Å²) in [7, 11) is 0. The molecule has 0 amide bonds. The fourth-order valence-electron chi connectivity index (χ4n) is 4.45. The summed E-state index contributed by atoms with van der Waals surface area (Å²) in [5, 5.41) is 3.43. The van der Waals surface area contributed by atoms with E-state index in [4.69, 9.17) is 9.97 Å². The number of aromatic nitrogens is 4. The van der Waals surface area contributed by atoms with Crippen LogP contribution in [0.25, 0.3) is 11.0 Å². The number of imidazole rings is 1. The van der Waals surface area contributed by atoms with Gasteiger partial charge in [-0.05, 0) is 57.4 Å². The smallest absolute Gasteiger partial charge is 0.135 e. The van der Waals surface area contributed by atoms with Crippen LogP contribution in [0.5, 0.6) is 0 Å². The normalized spacial score (nSPS) is 20.1. The van der Waals surface area contributed by atoms with Gasteiger partial charge in [0.1, 0.15) is 17.5 Å². The van der Waals surface area contributed by atoms with Crippen LogP contribution in [-0.4, -0.2) is 39.6 Å². The van der Waals surface area contributed by atoms with Gasteiger partial charge < -0.3 is 15.2 Å². The third-order valence-electron chi connectivity index (χ3n) is 5.79. The van der Waals surface area contributed by atoms with Crippen molar-refractivity contribution < 1.29 is 0 Å². The molecule has 1 saturated heterocycles. The van der Waals surface area contributed by atoms with Crippen molar-refractivity contribution in [3.63, 3.8) is 0 Å². The SMILES string of the molecule is Cc1ccc2nc(C3CCCN(c4nc(C)nc5c4CCNC5)C3)[nH]c2c1. The molecule has 27 heavy (non-hydrogen) atoms. The first-order valence-corrected chi connectivity index (χ1v) is 9.96. The first-order valence-electron chi connectivity index (χ1n) is 9.96. The Morgan fingerprint density at radius 3 is 3.00 bits per heavy atom. The Bertz CT molecular complexity index is 992. The summed E-state index contributed by atoms with van der Waals surface area (Å²) in [6, 6.07) is 6.43. The predicted molar refractivity (Wildman–Crippen MR) is 107 cm³/mol. The maximum atomic E-state index is 4.89. The maximum absolute atomic E-state index is 4.89. The zero-order valence-electron chi connectivity index (χ0n) is 16.0. The molecule has 1 fully saturated rings. The van der Waals surface area contributed by atoms with E-state index in [9.17, 15) is 0 Å². The Kier molecular flexibility index (Phi) is 4.08. The molecule has 0 aliphatic carbocycles. The number of fused-ring (bicyclic) bond motifs is 2. The maximum Gasteiger partial charge on any atom is 0.135 e. The van der Waals surface area contributed by atoms with E-state index >= 15 is 0 Å². The summed E-state index contributed by atoms with van der Waals surface area (Å²) in [4.78, 5) is 20.4. The largest absolute Gasteiger partial charge is 0.356 e. The fourth-order valence-corrected chi connectivity index (χ4v) is 4.45. The Balaban J connectivity index is 1.46. The number of aromatic amines is 1. The second-order valence-corrected chi connectivity index (χ2v) is 7.87. The number of nitrogens with zero attached hydrogens (tertiary/aromatic N) is 4. The molecule has 1 unspecified atom stereocenters.